The molecule has 0 radical (unpaired) electrons. The Morgan fingerprint density at radius 2 is 1.02 bits per heavy atom. The number of benzene rings is 3. The first-order valence-corrected chi connectivity index (χ1v) is 13.8. The molecule has 3 aliphatic carbocycles. The molecular formula is C31H20Cl2N2O6. The van der Waals surface area contributed by atoms with Crippen molar-refractivity contribution in [1.29, 1.82) is 0 Å². The van der Waals surface area contributed by atoms with Crippen LogP contribution in [0.4, 0.5) is 11.4 Å². The van der Waals surface area contributed by atoms with Gasteiger partial charge < -0.3 is 4.74 Å². The predicted molar refractivity (Wildman–Crippen MR) is 149 cm³/mol. The average Bonchev–Trinajstić information content (AvgIpc) is 3.40. The molecule has 6 atom stereocenters. The zero-order valence-electron chi connectivity index (χ0n) is 21.1. The number of esters is 1. The number of halogens is 2. The molecule has 3 aromatic rings. The van der Waals surface area contributed by atoms with E-state index in [-0.39, 0.29) is 32.7 Å². The summed E-state index contributed by atoms with van der Waals surface area (Å²) in [5.74, 6) is -8.65. The first-order chi connectivity index (χ1) is 19.8. The number of ether oxygens (including phenoxy) is 1. The highest BCUT2D eigenvalue weighted by molar-refractivity contribution is 6.37. The Morgan fingerprint density at radius 1 is 0.585 bits per heavy atom. The van der Waals surface area contributed by atoms with E-state index in [2.05, 4.69) is 0 Å². The van der Waals surface area contributed by atoms with Crippen molar-refractivity contribution in [2.75, 3.05) is 9.80 Å². The van der Waals surface area contributed by atoms with E-state index in [9.17, 15) is 24.0 Å². The molecule has 5 aliphatic rings. The summed E-state index contributed by atoms with van der Waals surface area (Å²) >= 11 is 12.7. The van der Waals surface area contributed by atoms with Gasteiger partial charge in [-0.05, 0) is 36.4 Å². The zero-order valence-corrected chi connectivity index (χ0v) is 22.7. The molecule has 10 heteroatoms. The first-order valence-electron chi connectivity index (χ1n) is 13.0. The number of nitrogens with zero attached hydrogens (tertiary/aromatic N) is 2. The van der Waals surface area contributed by atoms with Gasteiger partial charge >= 0.3 is 5.97 Å². The van der Waals surface area contributed by atoms with Gasteiger partial charge in [0.1, 0.15) is 5.75 Å². The summed E-state index contributed by atoms with van der Waals surface area (Å²) in [5, 5.41) is 0.406. The maximum Gasteiger partial charge on any atom is 0.339 e. The monoisotopic (exact) mass is 586 g/mol. The van der Waals surface area contributed by atoms with Crippen LogP contribution in [0.3, 0.4) is 0 Å². The molecule has 2 aliphatic heterocycles. The molecule has 204 valence electrons. The second-order valence-corrected chi connectivity index (χ2v) is 11.3. The molecule has 0 spiro atoms. The van der Waals surface area contributed by atoms with Crippen LogP contribution in [0.25, 0.3) is 0 Å². The van der Waals surface area contributed by atoms with Crippen molar-refractivity contribution in [1.82, 2.24) is 0 Å². The maximum atomic E-state index is 14.0. The molecular weight excluding hydrogens is 567 g/mol. The fraction of sp³-hybridized carbons (Fsp3) is 0.194. The van der Waals surface area contributed by atoms with Gasteiger partial charge in [0.25, 0.3) is 0 Å². The Kier molecular flexibility index (Phi) is 5.88. The molecule has 8 rings (SSSR count). The fourth-order valence-electron chi connectivity index (χ4n) is 6.95. The molecule has 2 heterocycles. The number of imide groups is 2. The van der Waals surface area contributed by atoms with E-state index in [1.807, 2.05) is 0 Å². The van der Waals surface area contributed by atoms with Crippen molar-refractivity contribution in [2.45, 2.75) is 0 Å². The Labute approximate surface area is 244 Å². The number of allylic oxidation sites excluding steroid dienone is 1. The van der Waals surface area contributed by atoms with Crippen LogP contribution in [0.15, 0.2) is 90.5 Å². The second-order valence-electron chi connectivity index (χ2n) is 10.5. The Hall–Kier alpha value is -4.27. The molecule has 2 bridgehead atoms. The number of hydrogen-bond acceptors (Lipinski definition) is 6. The van der Waals surface area contributed by atoms with Crippen molar-refractivity contribution >= 4 is 64.2 Å². The molecule has 3 fully saturated rings. The highest BCUT2D eigenvalue weighted by Gasteiger charge is 2.71. The quantitative estimate of drug-likeness (QED) is 0.249. The van der Waals surface area contributed by atoms with Crippen molar-refractivity contribution in [3.05, 3.63) is 101 Å². The van der Waals surface area contributed by atoms with Gasteiger partial charge in [-0.3, -0.25) is 19.2 Å². The van der Waals surface area contributed by atoms with Crippen LogP contribution in [0.1, 0.15) is 0 Å². The lowest BCUT2D eigenvalue weighted by atomic mass is 9.52. The summed E-state index contributed by atoms with van der Waals surface area (Å²) in [5.41, 5.74) is 0.532. The van der Waals surface area contributed by atoms with Crippen LogP contribution in [0, 0.1) is 35.5 Å². The summed E-state index contributed by atoms with van der Waals surface area (Å²) in [6.07, 6.45) is 1.56. The molecule has 2 saturated heterocycles. The SMILES string of the molecule is O=C(Oc1ccccc1)C1=CC2[C@H]3C(=O)N(c4ccccc4Cl)C(=O)[C@H]3C1[C@@H]1C(=O)N(c3ccccc3Cl)C(=O)[C@@H]21. The number of carbonyl (C=O) groups excluding carboxylic acids is 5. The van der Waals surface area contributed by atoms with Crippen LogP contribution in [0.2, 0.25) is 10.0 Å². The van der Waals surface area contributed by atoms with Gasteiger partial charge in [0.05, 0.1) is 45.1 Å². The number of carbonyl (C=O) groups is 5. The average molecular weight is 587 g/mol. The maximum absolute atomic E-state index is 14.0. The highest BCUT2D eigenvalue weighted by Crippen LogP contribution is 2.61. The third kappa shape index (κ3) is 3.64. The lowest BCUT2D eigenvalue weighted by molar-refractivity contribution is -0.142. The minimum absolute atomic E-state index is 0.102. The van der Waals surface area contributed by atoms with E-state index in [1.165, 1.54) is 0 Å². The molecule has 3 aromatic carbocycles. The largest absolute Gasteiger partial charge is 0.423 e. The van der Waals surface area contributed by atoms with E-state index in [4.69, 9.17) is 27.9 Å². The van der Waals surface area contributed by atoms with E-state index >= 15 is 0 Å². The number of para-hydroxylation sites is 3. The zero-order chi connectivity index (χ0) is 28.6. The van der Waals surface area contributed by atoms with Crippen LogP contribution < -0.4 is 14.5 Å². The Balaban J connectivity index is 1.35. The van der Waals surface area contributed by atoms with E-state index in [0.717, 1.165) is 9.80 Å². The van der Waals surface area contributed by atoms with Gasteiger partial charge in [-0.1, -0.05) is 71.7 Å². The van der Waals surface area contributed by atoms with Crippen LogP contribution in [0.5, 0.6) is 5.75 Å². The minimum Gasteiger partial charge on any atom is -0.423 e. The number of hydrogen-bond donors (Lipinski definition) is 0. The third-order valence-corrected chi connectivity index (χ3v) is 9.15. The third-order valence-electron chi connectivity index (χ3n) is 8.51. The van der Waals surface area contributed by atoms with Crippen molar-refractivity contribution in [2.24, 2.45) is 35.5 Å². The molecule has 1 saturated carbocycles. The van der Waals surface area contributed by atoms with E-state index in [1.54, 1.807) is 84.9 Å². The summed E-state index contributed by atoms with van der Waals surface area (Å²) in [7, 11) is 0. The van der Waals surface area contributed by atoms with Crippen molar-refractivity contribution in [3.8, 4) is 5.75 Å². The van der Waals surface area contributed by atoms with Gasteiger partial charge in [0.15, 0.2) is 0 Å². The van der Waals surface area contributed by atoms with Gasteiger partial charge in [0.2, 0.25) is 23.6 Å². The minimum atomic E-state index is -1.07. The molecule has 0 aromatic heterocycles. The van der Waals surface area contributed by atoms with E-state index < -0.39 is 65.1 Å². The van der Waals surface area contributed by atoms with Crippen LogP contribution >= 0.6 is 23.2 Å². The van der Waals surface area contributed by atoms with Crippen LogP contribution in [-0.4, -0.2) is 29.6 Å². The first kappa shape index (κ1) is 25.7. The Morgan fingerprint density at radius 3 is 1.51 bits per heavy atom. The topological polar surface area (TPSA) is 101 Å². The Bertz CT molecular complexity index is 1620. The summed E-state index contributed by atoms with van der Waals surface area (Å²) in [6, 6.07) is 21.3. The van der Waals surface area contributed by atoms with Crippen LogP contribution in [-0.2, 0) is 24.0 Å². The smallest absolute Gasteiger partial charge is 0.339 e. The molecule has 4 amide bonds. The lowest BCUT2D eigenvalue weighted by Gasteiger charge is -2.46. The number of rotatable bonds is 4. The van der Waals surface area contributed by atoms with Gasteiger partial charge in [-0.2, -0.15) is 0 Å². The molecule has 2 unspecified atom stereocenters. The summed E-state index contributed by atoms with van der Waals surface area (Å²) in [6.45, 7) is 0. The molecule has 0 N–H and O–H groups in total. The molecule has 8 nitrogen and oxygen atoms in total. The number of amides is 4. The van der Waals surface area contributed by atoms with Gasteiger partial charge in [0, 0.05) is 17.4 Å². The standard InChI is InChI=1S/C31H20Cl2N2O6/c32-18-10-4-6-12-20(18)34-27(36)23-16-14-17(31(40)41-15-8-2-1-3-9-15)22(25(23)29(34)38)26-24(16)28(37)35(30(26)39)21-13-7-5-11-19(21)33/h1-14,16,22-26H/t16?,22?,23-,24+,25-,26-/m0/s1. The predicted octanol–water partition coefficient (Wildman–Crippen LogP) is 4.70. The highest BCUT2D eigenvalue weighted by atomic mass is 35.5. The van der Waals surface area contributed by atoms with E-state index in [0.29, 0.717) is 0 Å². The van der Waals surface area contributed by atoms with Crippen molar-refractivity contribution < 1.29 is 28.7 Å². The summed E-state index contributed by atoms with van der Waals surface area (Å²) in [4.78, 5) is 71.5. The lowest BCUT2D eigenvalue weighted by Crippen LogP contribution is -2.53. The normalized spacial score (nSPS) is 28.1. The molecule has 41 heavy (non-hydrogen) atoms. The van der Waals surface area contributed by atoms with Crippen molar-refractivity contribution in [3.63, 3.8) is 0 Å². The van der Waals surface area contributed by atoms with Gasteiger partial charge in [-0.15, -0.1) is 0 Å². The number of anilines is 2. The summed E-state index contributed by atoms with van der Waals surface area (Å²) < 4.78 is 5.62. The fourth-order valence-corrected chi connectivity index (χ4v) is 7.39. The van der Waals surface area contributed by atoms with Gasteiger partial charge in [-0.25, -0.2) is 14.6 Å². The second kappa shape index (κ2) is 9.39.